The maximum absolute atomic E-state index is 11.6. The van der Waals surface area contributed by atoms with Crippen LogP contribution in [0.2, 0.25) is 0 Å². The van der Waals surface area contributed by atoms with Gasteiger partial charge in [-0.3, -0.25) is 4.79 Å². The Morgan fingerprint density at radius 3 is 1.88 bits per heavy atom. The van der Waals surface area contributed by atoms with Crippen molar-refractivity contribution < 1.29 is 30.3 Å². The molecule has 222 valence electrons. The number of carbonyl (C=O) groups excluding carboxylic acids is 1. The molecule has 6 N–H and O–H groups in total. The number of benzene rings is 2. The summed E-state index contributed by atoms with van der Waals surface area (Å²) in [6.07, 6.45) is 1.49. The van der Waals surface area contributed by atoms with Gasteiger partial charge in [-0.2, -0.15) is 0 Å². The van der Waals surface area contributed by atoms with Crippen molar-refractivity contribution in [2.45, 2.75) is 88.9 Å². The highest BCUT2D eigenvalue weighted by atomic mass is 31.1. The van der Waals surface area contributed by atoms with Crippen molar-refractivity contribution in [3.05, 3.63) is 60.7 Å². The van der Waals surface area contributed by atoms with E-state index in [1.165, 1.54) is 19.3 Å². The Kier molecular flexibility index (Phi) is 13.5. The zero-order valence-electron chi connectivity index (χ0n) is 23.8. The predicted octanol–water partition coefficient (Wildman–Crippen LogP) is 2.67. The van der Waals surface area contributed by atoms with Crippen molar-refractivity contribution in [3.8, 4) is 0 Å². The van der Waals surface area contributed by atoms with E-state index < -0.39 is 36.9 Å². The molecule has 2 aromatic carbocycles. The molecule has 0 aromatic heterocycles. The van der Waals surface area contributed by atoms with Crippen molar-refractivity contribution in [1.29, 1.82) is 0 Å². The first-order chi connectivity index (χ1) is 19.2. The fourth-order valence-corrected chi connectivity index (χ4v) is 9.39. The van der Waals surface area contributed by atoms with Gasteiger partial charge in [0.05, 0.1) is 6.61 Å². The summed E-state index contributed by atoms with van der Waals surface area (Å²) < 4.78 is 0. The third kappa shape index (κ3) is 9.07. The lowest BCUT2D eigenvalue weighted by Gasteiger charge is -2.32. The van der Waals surface area contributed by atoms with Gasteiger partial charge in [-0.1, -0.05) is 93.8 Å². The number of nitrogens with one attached hydrogen (secondary N) is 1. The van der Waals surface area contributed by atoms with Gasteiger partial charge in [0.2, 0.25) is 0 Å². The van der Waals surface area contributed by atoms with Crippen molar-refractivity contribution in [2.24, 2.45) is 17.8 Å². The molecule has 1 amide bonds. The SMILES string of the molecule is CC(C)C1CCCC1P(c1ccccc1)c1ccccc1.O=C(NCC1CCCC1)C(O)C(O)C(O)C(O)CO. The fraction of sp³-hybridized carbons (Fsp3) is 0.594. The van der Waals surface area contributed by atoms with Crippen LogP contribution in [0.5, 0.6) is 0 Å². The highest BCUT2D eigenvalue weighted by Gasteiger charge is 2.37. The summed E-state index contributed by atoms with van der Waals surface area (Å²) in [4.78, 5) is 11.6. The van der Waals surface area contributed by atoms with Crippen molar-refractivity contribution in [3.63, 3.8) is 0 Å². The summed E-state index contributed by atoms with van der Waals surface area (Å²) in [5.41, 5.74) is 0.852. The van der Waals surface area contributed by atoms with Gasteiger partial charge in [-0.05, 0) is 67.6 Å². The number of aliphatic hydroxyl groups excluding tert-OH is 5. The van der Waals surface area contributed by atoms with Crippen molar-refractivity contribution >= 4 is 24.4 Å². The molecule has 8 heteroatoms. The Bertz CT molecular complexity index is 948. The molecule has 6 atom stereocenters. The minimum absolute atomic E-state index is 0.224. The van der Waals surface area contributed by atoms with Crippen molar-refractivity contribution in [1.82, 2.24) is 5.32 Å². The third-order valence-electron chi connectivity index (χ3n) is 8.35. The minimum Gasteiger partial charge on any atom is -0.394 e. The van der Waals surface area contributed by atoms with Gasteiger partial charge in [-0.15, -0.1) is 0 Å². The molecule has 2 fully saturated rings. The van der Waals surface area contributed by atoms with E-state index in [9.17, 15) is 20.1 Å². The maximum atomic E-state index is 11.6. The Hall–Kier alpha value is -1.86. The van der Waals surface area contributed by atoms with Gasteiger partial charge in [0.25, 0.3) is 5.91 Å². The maximum Gasteiger partial charge on any atom is 0.251 e. The van der Waals surface area contributed by atoms with Crippen LogP contribution in [0.25, 0.3) is 0 Å². The van der Waals surface area contributed by atoms with E-state index in [4.69, 9.17) is 10.2 Å². The van der Waals surface area contributed by atoms with Crippen LogP contribution in [-0.2, 0) is 4.79 Å². The first-order valence-corrected chi connectivity index (χ1v) is 16.2. The molecule has 0 aliphatic heterocycles. The summed E-state index contributed by atoms with van der Waals surface area (Å²) in [5, 5.41) is 51.8. The molecule has 7 nitrogen and oxygen atoms in total. The molecule has 2 saturated carbocycles. The highest BCUT2D eigenvalue weighted by molar-refractivity contribution is 7.73. The van der Waals surface area contributed by atoms with Gasteiger partial charge in [0, 0.05) is 6.54 Å². The number of hydrogen-bond donors (Lipinski definition) is 6. The van der Waals surface area contributed by atoms with Crippen LogP contribution in [0, 0.1) is 17.8 Å². The molecule has 0 spiro atoms. The standard InChI is InChI=1S/C20H25P.C12H23NO6/c1-16(2)19-14-9-15-20(19)21(17-10-5-3-6-11-17)18-12-7-4-8-13-18;14-6-8(15)9(16)10(17)11(18)12(19)13-5-7-3-1-2-4-7/h3-8,10-13,16,19-20H,9,14-15H2,1-2H3;7-11,14-18H,1-6H2,(H,13,19). The minimum atomic E-state index is -1.84. The quantitative estimate of drug-likeness (QED) is 0.229. The second-order valence-electron chi connectivity index (χ2n) is 11.5. The topological polar surface area (TPSA) is 130 Å². The molecular formula is C32H48NO6P. The lowest BCUT2D eigenvalue weighted by Crippen LogP contribution is -2.52. The normalized spacial score (nSPS) is 22.4. The molecule has 0 saturated heterocycles. The molecule has 6 unspecified atom stereocenters. The highest BCUT2D eigenvalue weighted by Crippen LogP contribution is 2.51. The smallest absolute Gasteiger partial charge is 0.251 e. The Morgan fingerprint density at radius 2 is 1.38 bits per heavy atom. The molecular weight excluding hydrogens is 525 g/mol. The van der Waals surface area contributed by atoms with Gasteiger partial charge in [0.15, 0.2) is 6.10 Å². The largest absolute Gasteiger partial charge is 0.394 e. The molecule has 0 radical (unpaired) electrons. The average molecular weight is 574 g/mol. The molecule has 0 bridgehead atoms. The van der Waals surface area contributed by atoms with Crippen LogP contribution in [0.4, 0.5) is 0 Å². The summed E-state index contributed by atoms with van der Waals surface area (Å²) in [6, 6.07) is 22.4. The molecule has 4 rings (SSSR count). The van der Waals surface area contributed by atoms with Crippen molar-refractivity contribution in [2.75, 3.05) is 13.2 Å². The molecule has 2 aliphatic carbocycles. The first-order valence-electron chi connectivity index (χ1n) is 14.7. The molecule has 0 heterocycles. The van der Waals surface area contributed by atoms with E-state index in [-0.39, 0.29) is 7.92 Å². The first kappa shape index (κ1) is 32.7. The van der Waals surface area contributed by atoms with E-state index in [2.05, 4.69) is 79.8 Å². The average Bonchev–Trinajstić information content (AvgIpc) is 3.69. The lowest BCUT2D eigenvalue weighted by atomic mass is 9.94. The second kappa shape index (κ2) is 16.5. The Balaban J connectivity index is 0.000000222. The molecule has 2 aromatic rings. The predicted molar refractivity (Wildman–Crippen MR) is 161 cm³/mol. The third-order valence-corrected chi connectivity index (χ3v) is 11.4. The van der Waals surface area contributed by atoms with Crippen LogP contribution in [0.3, 0.4) is 0 Å². The summed E-state index contributed by atoms with van der Waals surface area (Å²) in [5.74, 6) is 1.29. The zero-order valence-corrected chi connectivity index (χ0v) is 24.7. The number of carbonyl (C=O) groups is 1. The van der Waals surface area contributed by atoms with Crippen LogP contribution in [0.1, 0.15) is 58.8 Å². The van der Waals surface area contributed by atoms with E-state index in [1.54, 1.807) is 10.6 Å². The zero-order chi connectivity index (χ0) is 29.1. The van der Waals surface area contributed by atoms with Gasteiger partial charge in [-0.25, -0.2) is 0 Å². The summed E-state index contributed by atoms with van der Waals surface area (Å²) in [7, 11) is -0.224. The van der Waals surface area contributed by atoms with Gasteiger partial charge < -0.3 is 30.8 Å². The van der Waals surface area contributed by atoms with Crippen LogP contribution in [-0.4, -0.2) is 74.7 Å². The van der Waals surface area contributed by atoms with E-state index in [0.717, 1.165) is 43.2 Å². The molecule has 40 heavy (non-hydrogen) atoms. The van der Waals surface area contributed by atoms with Gasteiger partial charge in [0.1, 0.15) is 18.3 Å². The van der Waals surface area contributed by atoms with Crippen LogP contribution < -0.4 is 15.9 Å². The van der Waals surface area contributed by atoms with Gasteiger partial charge >= 0.3 is 0 Å². The number of amides is 1. The van der Waals surface area contributed by atoms with Crippen LogP contribution in [0.15, 0.2) is 60.7 Å². The van der Waals surface area contributed by atoms with Crippen LogP contribution >= 0.6 is 7.92 Å². The van der Waals surface area contributed by atoms with E-state index in [1.807, 2.05) is 0 Å². The van der Waals surface area contributed by atoms with E-state index >= 15 is 0 Å². The Labute approximate surface area is 240 Å². The van der Waals surface area contributed by atoms with E-state index in [0.29, 0.717) is 12.5 Å². The summed E-state index contributed by atoms with van der Waals surface area (Å²) >= 11 is 0. The lowest BCUT2D eigenvalue weighted by molar-refractivity contribution is -0.149. The summed E-state index contributed by atoms with van der Waals surface area (Å²) in [6.45, 7) is 4.48. The monoisotopic (exact) mass is 573 g/mol. The molecule has 2 aliphatic rings. The second-order valence-corrected chi connectivity index (χ2v) is 14.0. The fourth-order valence-electron chi connectivity index (χ4n) is 6.02. The number of hydrogen-bond acceptors (Lipinski definition) is 6. The Morgan fingerprint density at radius 1 is 0.825 bits per heavy atom. The number of aliphatic hydroxyl groups is 5. The number of rotatable bonds is 11.